The van der Waals surface area contributed by atoms with Crippen molar-refractivity contribution in [2.75, 3.05) is 0 Å². The molecule has 0 fully saturated rings. The summed E-state index contributed by atoms with van der Waals surface area (Å²) in [5.74, 6) is -6.81. The van der Waals surface area contributed by atoms with Gasteiger partial charge in [0.25, 0.3) is 0 Å². The van der Waals surface area contributed by atoms with Crippen LogP contribution in [0.4, 0.5) is 13.2 Å². The fraction of sp³-hybridized carbons (Fsp3) is 0.667. The van der Waals surface area contributed by atoms with Gasteiger partial charge in [-0.2, -0.15) is 8.78 Å². The number of hydrogen-bond acceptors (Lipinski definition) is 1. The Morgan fingerprint density at radius 2 is 2.00 bits per heavy atom. The molecule has 0 aromatic rings. The summed E-state index contributed by atoms with van der Waals surface area (Å²) in [6, 6.07) is 0. The van der Waals surface area contributed by atoms with E-state index in [2.05, 4.69) is 0 Å². The van der Waals surface area contributed by atoms with Crippen LogP contribution in [0.15, 0.2) is 0 Å². The molecule has 0 aromatic carbocycles. The zero-order valence-corrected chi connectivity index (χ0v) is 5.53. The summed E-state index contributed by atoms with van der Waals surface area (Å²) >= 11 is 1.80. The van der Waals surface area contributed by atoms with Crippen LogP contribution < -0.4 is 0 Å². The predicted molar refractivity (Wildman–Crippen MR) is 26.4 cm³/mol. The molecular formula is C3H2BrF3O2. The molecule has 0 spiro atoms. The number of carbonyl (C=O) groups is 1. The maximum Gasteiger partial charge on any atom is 0.382 e. The topological polar surface area (TPSA) is 37.3 Å². The Balaban J connectivity index is 4.19. The van der Waals surface area contributed by atoms with Crippen LogP contribution in [0.3, 0.4) is 0 Å². The van der Waals surface area contributed by atoms with Crippen LogP contribution in [0.2, 0.25) is 0 Å². The quantitative estimate of drug-likeness (QED) is 0.694. The molecule has 54 valence electrons. The van der Waals surface area contributed by atoms with Gasteiger partial charge in [-0.15, -0.1) is 0 Å². The first-order chi connectivity index (χ1) is 3.89. The summed E-state index contributed by atoms with van der Waals surface area (Å²) in [6.07, 6.45) is 0. The van der Waals surface area contributed by atoms with Gasteiger partial charge in [0, 0.05) is 0 Å². The largest absolute Gasteiger partial charge is 0.477 e. The van der Waals surface area contributed by atoms with Gasteiger partial charge >= 0.3 is 11.9 Å². The van der Waals surface area contributed by atoms with E-state index in [4.69, 9.17) is 5.11 Å². The molecule has 1 N–H and O–H groups in total. The molecular weight excluding hydrogens is 205 g/mol. The predicted octanol–water partition coefficient (Wildman–Crippen LogP) is 1.40. The molecule has 0 radical (unpaired) electrons. The van der Waals surface area contributed by atoms with Crippen LogP contribution in [0.5, 0.6) is 0 Å². The smallest absolute Gasteiger partial charge is 0.382 e. The number of carboxylic acid groups (broad SMARTS) is 1. The van der Waals surface area contributed by atoms with Crippen LogP contribution >= 0.6 is 15.9 Å². The van der Waals surface area contributed by atoms with E-state index in [0.29, 0.717) is 0 Å². The molecule has 0 saturated heterocycles. The normalized spacial score (nSPS) is 15.1. The van der Waals surface area contributed by atoms with E-state index >= 15 is 0 Å². The third-order valence-corrected chi connectivity index (χ3v) is 1.13. The van der Waals surface area contributed by atoms with Gasteiger partial charge in [0.05, 0.1) is 0 Å². The summed E-state index contributed by atoms with van der Waals surface area (Å²) in [4.78, 5) is 9.44. The molecule has 0 bridgehead atoms. The minimum atomic E-state index is -4.33. The Labute approximate surface area is 56.8 Å². The highest BCUT2D eigenvalue weighted by molar-refractivity contribution is 9.09. The van der Waals surface area contributed by atoms with E-state index in [1.807, 2.05) is 0 Å². The monoisotopic (exact) mass is 206 g/mol. The van der Waals surface area contributed by atoms with Crippen molar-refractivity contribution in [1.82, 2.24) is 0 Å². The molecule has 0 aromatic heterocycles. The number of carboxylic acids is 1. The van der Waals surface area contributed by atoms with Gasteiger partial charge in [0.15, 0.2) is 0 Å². The number of aliphatic carboxylic acids is 1. The summed E-state index contributed by atoms with van der Waals surface area (Å²) < 4.78 is 34.8. The van der Waals surface area contributed by atoms with Crippen molar-refractivity contribution in [2.45, 2.75) is 11.0 Å². The lowest BCUT2D eigenvalue weighted by atomic mass is 10.4. The first kappa shape index (κ1) is 8.74. The van der Waals surface area contributed by atoms with E-state index < -0.39 is 17.0 Å². The molecule has 6 heteroatoms. The number of rotatable bonds is 2. The Hall–Kier alpha value is -0.260. The average molecular weight is 207 g/mol. The van der Waals surface area contributed by atoms with Gasteiger partial charge in [0.1, 0.15) is 0 Å². The molecule has 0 aliphatic heterocycles. The fourth-order valence-corrected chi connectivity index (χ4v) is 0.289. The second-order valence-electron chi connectivity index (χ2n) is 1.23. The Kier molecular flexibility index (Phi) is 2.48. The van der Waals surface area contributed by atoms with E-state index in [-0.39, 0.29) is 0 Å². The second-order valence-corrected chi connectivity index (χ2v) is 2.03. The molecule has 1 atom stereocenters. The van der Waals surface area contributed by atoms with Crippen LogP contribution in [0, 0.1) is 0 Å². The van der Waals surface area contributed by atoms with Crippen molar-refractivity contribution < 1.29 is 23.1 Å². The van der Waals surface area contributed by atoms with Crippen LogP contribution in [0.1, 0.15) is 0 Å². The first-order valence-corrected chi connectivity index (χ1v) is 2.70. The molecule has 0 heterocycles. The highest BCUT2D eigenvalue weighted by Gasteiger charge is 2.47. The van der Waals surface area contributed by atoms with Crippen LogP contribution in [0.25, 0.3) is 0 Å². The lowest BCUT2D eigenvalue weighted by Gasteiger charge is -2.08. The van der Waals surface area contributed by atoms with Crippen molar-refractivity contribution in [3.8, 4) is 0 Å². The zero-order chi connectivity index (χ0) is 7.65. The molecule has 0 aliphatic rings. The van der Waals surface area contributed by atoms with Gasteiger partial charge in [-0.3, -0.25) is 0 Å². The number of alkyl halides is 4. The minimum absolute atomic E-state index is 1.80. The van der Waals surface area contributed by atoms with Gasteiger partial charge in [-0.1, -0.05) is 0 Å². The van der Waals surface area contributed by atoms with E-state index in [0.717, 1.165) is 0 Å². The van der Waals surface area contributed by atoms with E-state index in [9.17, 15) is 18.0 Å². The third-order valence-electron chi connectivity index (χ3n) is 0.559. The van der Waals surface area contributed by atoms with Gasteiger partial charge in [0.2, 0.25) is 5.08 Å². The first-order valence-electron chi connectivity index (χ1n) is 1.78. The van der Waals surface area contributed by atoms with Crippen molar-refractivity contribution >= 4 is 21.9 Å². The second kappa shape index (κ2) is 2.55. The van der Waals surface area contributed by atoms with Gasteiger partial charge in [-0.25, -0.2) is 9.18 Å². The number of halogens is 4. The highest BCUT2D eigenvalue weighted by atomic mass is 79.9. The maximum absolute atomic E-state index is 11.6. The standard InChI is InChI=1S/C3H2BrF3O2/c4-1(5)3(6,7)2(8)9/h1H,(H,8,9)/t1-/m1/s1. The van der Waals surface area contributed by atoms with Crippen molar-refractivity contribution in [2.24, 2.45) is 0 Å². The van der Waals surface area contributed by atoms with Crippen molar-refractivity contribution in [3.05, 3.63) is 0 Å². The lowest BCUT2D eigenvalue weighted by molar-refractivity contribution is -0.168. The van der Waals surface area contributed by atoms with Crippen LogP contribution in [-0.2, 0) is 4.79 Å². The molecule has 0 aliphatic carbocycles. The molecule has 2 nitrogen and oxygen atoms in total. The van der Waals surface area contributed by atoms with Gasteiger partial charge < -0.3 is 5.11 Å². The van der Waals surface area contributed by atoms with Crippen LogP contribution in [-0.4, -0.2) is 22.1 Å². The Morgan fingerprint density at radius 1 is 1.67 bits per heavy atom. The van der Waals surface area contributed by atoms with E-state index in [1.54, 1.807) is 15.9 Å². The third kappa shape index (κ3) is 1.85. The molecule has 9 heavy (non-hydrogen) atoms. The number of hydrogen-bond donors (Lipinski definition) is 1. The lowest BCUT2D eigenvalue weighted by Crippen LogP contribution is -2.35. The molecule has 0 amide bonds. The Morgan fingerprint density at radius 3 is 2.00 bits per heavy atom. The summed E-state index contributed by atoms with van der Waals surface area (Å²) in [5.41, 5.74) is 0. The Bertz CT molecular complexity index is 124. The molecule has 0 saturated carbocycles. The van der Waals surface area contributed by atoms with Crippen molar-refractivity contribution in [3.63, 3.8) is 0 Å². The highest BCUT2D eigenvalue weighted by Crippen LogP contribution is 2.25. The molecule has 0 unspecified atom stereocenters. The fourth-order valence-electron chi connectivity index (χ4n) is 0.0933. The summed E-state index contributed by atoms with van der Waals surface area (Å²) in [5, 5.41) is 4.76. The maximum atomic E-state index is 11.6. The zero-order valence-electron chi connectivity index (χ0n) is 3.94. The summed E-state index contributed by atoms with van der Waals surface area (Å²) in [6.45, 7) is 0. The average Bonchev–Trinajstić information content (AvgIpc) is 1.65. The minimum Gasteiger partial charge on any atom is -0.477 e. The molecule has 0 rings (SSSR count). The van der Waals surface area contributed by atoms with Gasteiger partial charge in [-0.05, 0) is 15.9 Å². The SMILES string of the molecule is O=C(O)C(F)(F)[C@@H](F)Br. The summed E-state index contributed by atoms with van der Waals surface area (Å²) in [7, 11) is 0. The van der Waals surface area contributed by atoms with E-state index in [1.165, 1.54) is 0 Å². The van der Waals surface area contributed by atoms with Crippen molar-refractivity contribution in [1.29, 1.82) is 0 Å².